The van der Waals surface area contributed by atoms with E-state index in [-0.39, 0.29) is 12.1 Å². The van der Waals surface area contributed by atoms with E-state index in [1.54, 1.807) is 18.3 Å². The van der Waals surface area contributed by atoms with Gasteiger partial charge in [0.1, 0.15) is 6.10 Å². The summed E-state index contributed by atoms with van der Waals surface area (Å²) < 4.78 is 7.56. The van der Waals surface area contributed by atoms with Crippen molar-refractivity contribution in [3.8, 4) is 0 Å². The van der Waals surface area contributed by atoms with E-state index < -0.39 is 0 Å². The Kier molecular flexibility index (Phi) is 3.67. The van der Waals surface area contributed by atoms with Crippen LogP contribution in [0.25, 0.3) is 21.8 Å². The SMILES string of the molecule is CC1OC(=O)c2ncc3c(c21)c1ccccc1n3Cc1cc(Cl)ccc1Cl. The number of aromatic nitrogens is 2. The first-order valence-electron chi connectivity index (χ1n) is 8.59. The van der Waals surface area contributed by atoms with Crippen LogP contribution in [-0.4, -0.2) is 15.5 Å². The van der Waals surface area contributed by atoms with Crippen LogP contribution in [0, 0.1) is 0 Å². The lowest BCUT2D eigenvalue weighted by Gasteiger charge is -2.10. The van der Waals surface area contributed by atoms with E-state index in [4.69, 9.17) is 27.9 Å². The molecule has 1 aliphatic heterocycles. The quantitative estimate of drug-likeness (QED) is 0.403. The number of nitrogens with zero attached hydrogens (tertiary/aromatic N) is 2. The molecule has 27 heavy (non-hydrogen) atoms. The molecular formula is C21H14Cl2N2O2. The number of carbonyl (C=O) groups is 1. The first-order valence-corrected chi connectivity index (χ1v) is 9.35. The molecule has 2 aromatic heterocycles. The minimum absolute atomic E-state index is 0.322. The van der Waals surface area contributed by atoms with Crippen LogP contribution in [0.1, 0.15) is 34.6 Å². The third-order valence-electron chi connectivity index (χ3n) is 5.07. The molecule has 0 bridgehead atoms. The van der Waals surface area contributed by atoms with Gasteiger partial charge in [-0.2, -0.15) is 0 Å². The summed E-state index contributed by atoms with van der Waals surface area (Å²) in [5, 5.41) is 3.37. The zero-order valence-corrected chi connectivity index (χ0v) is 15.9. The van der Waals surface area contributed by atoms with Gasteiger partial charge in [0.2, 0.25) is 0 Å². The van der Waals surface area contributed by atoms with E-state index in [2.05, 4.69) is 21.7 Å². The molecule has 0 amide bonds. The molecule has 1 unspecified atom stereocenters. The number of carbonyl (C=O) groups excluding carboxylic acids is 1. The highest BCUT2D eigenvalue weighted by Gasteiger charge is 2.33. The number of cyclic esters (lactones) is 1. The Labute approximate surface area is 165 Å². The van der Waals surface area contributed by atoms with Gasteiger partial charge in [0.25, 0.3) is 0 Å². The minimum Gasteiger partial charge on any atom is -0.453 e. The molecule has 0 N–H and O–H groups in total. The van der Waals surface area contributed by atoms with Gasteiger partial charge in [0, 0.05) is 38.4 Å². The summed E-state index contributed by atoms with van der Waals surface area (Å²) in [6, 6.07) is 13.6. The summed E-state index contributed by atoms with van der Waals surface area (Å²) in [5.74, 6) is -0.367. The molecule has 0 spiro atoms. The molecule has 2 aromatic carbocycles. The van der Waals surface area contributed by atoms with Gasteiger partial charge in [0.15, 0.2) is 5.69 Å². The van der Waals surface area contributed by atoms with Crippen LogP contribution < -0.4 is 0 Å². The fourth-order valence-electron chi connectivity index (χ4n) is 3.89. The second-order valence-corrected chi connectivity index (χ2v) is 7.51. The van der Waals surface area contributed by atoms with Crippen molar-refractivity contribution in [1.29, 1.82) is 0 Å². The van der Waals surface area contributed by atoms with Crippen molar-refractivity contribution in [3.63, 3.8) is 0 Å². The Morgan fingerprint density at radius 2 is 1.96 bits per heavy atom. The number of esters is 1. The van der Waals surface area contributed by atoms with Gasteiger partial charge in [-0.05, 0) is 36.8 Å². The maximum Gasteiger partial charge on any atom is 0.357 e. The van der Waals surface area contributed by atoms with E-state index in [0.717, 1.165) is 32.9 Å². The molecular weight excluding hydrogens is 383 g/mol. The van der Waals surface area contributed by atoms with Crippen molar-refractivity contribution in [2.75, 3.05) is 0 Å². The Bertz CT molecular complexity index is 1250. The van der Waals surface area contributed by atoms with Crippen molar-refractivity contribution in [3.05, 3.63) is 75.5 Å². The normalized spacial score (nSPS) is 16.1. The van der Waals surface area contributed by atoms with Crippen LogP contribution in [-0.2, 0) is 11.3 Å². The lowest BCUT2D eigenvalue weighted by molar-refractivity contribution is 0.0419. The molecule has 0 fully saturated rings. The predicted molar refractivity (Wildman–Crippen MR) is 107 cm³/mol. The summed E-state index contributed by atoms with van der Waals surface area (Å²) in [5.41, 5.74) is 4.16. The van der Waals surface area contributed by atoms with Crippen LogP contribution in [0.4, 0.5) is 0 Å². The molecule has 0 aliphatic carbocycles. The summed E-state index contributed by atoms with van der Waals surface area (Å²) in [6.07, 6.45) is 1.42. The third kappa shape index (κ3) is 2.44. The van der Waals surface area contributed by atoms with Crippen LogP contribution in [0.5, 0.6) is 0 Å². The predicted octanol–water partition coefficient (Wildman–Crippen LogP) is 5.78. The molecule has 0 saturated carbocycles. The van der Waals surface area contributed by atoms with Gasteiger partial charge < -0.3 is 9.30 Å². The molecule has 0 saturated heterocycles. The number of rotatable bonds is 2. The second kappa shape index (κ2) is 5.98. The van der Waals surface area contributed by atoms with E-state index in [1.807, 2.05) is 25.1 Å². The first-order chi connectivity index (χ1) is 13.0. The topological polar surface area (TPSA) is 44.1 Å². The fraction of sp³-hybridized carbons (Fsp3) is 0.143. The molecule has 134 valence electrons. The standard InChI is InChI=1S/C21H14Cl2N2O2/c1-11-18-19-14-4-2-3-5-16(14)25(10-12-8-13(22)6-7-15(12)23)17(19)9-24-20(18)21(26)27-11/h2-9,11H,10H2,1H3. The second-order valence-electron chi connectivity index (χ2n) is 6.67. The Morgan fingerprint density at radius 1 is 1.15 bits per heavy atom. The number of hydrogen-bond donors (Lipinski definition) is 0. The van der Waals surface area contributed by atoms with Crippen molar-refractivity contribution < 1.29 is 9.53 Å². The third-order valence-corrected chi connectivity index (χ3v) is 5.68. The van der Waals surface area contributed by atoms with Crippen molar-refractivity contribution >= 4 is 51.0 Å². The smallest absolute Gasteiger partial charge is 0.357 e. The number of fused-ring (bicyclic) bond motifs is 5. The molecule has 0 radical (unpaired) electrons. The average molecular weight is 397 g/mol. The number of hydrogen-bond acceptors (Lipinski definition) is 3. The van der Waals surface area contributed by atoms with Gasteiger partial charge in [0.05, 0.1) is 11.7 Å². The van der Waals surface area contributed by atoms with Crippen molar-refractivity contribution in [1.82, 2.24) is 9.55 Å². The molecule has 4 aromatic rings. The lowest BCUT2D eigenvalue weighted by Crippen LogP contribution is -2.02. The molecule has 4 nitrogen and oxygen atoms in total. The highest BCUT2D eigenvalue weighted by Crippen LogP contribution is 2.40. The summed E-state index contributed by atoms with van der Waals surface area (Å²) >= 11 is 12.6. The Balaban J connectivity index is 1.84. The highest BCUT2D eigenvalue weighted by atomic mass is 35.5. The largest absolute Gasteiger partial charge is 0.453 e. The van der Waals surface area contributed by atoms with Crippen LogP contribution in [0.3, 0.4) is 0 Å². The number of para-hydroxylation sites is 1. The van der Waals surface area contributed by atoms with E-state index >= 15 is 0 Å². The van der Waals surface area contributed by atoms with Gasteiger partial charge in [-0.25, -0.2) is 9.78 Å². The number of pyridine rings is 1. The van der Waals surface area contributed by atoms with E-state index in [1.165, 1.54) is 0 Å². The molecule has 6 heteroatoms. The van der Waals surface area contributed by atoms with Gasteiger partial charge in [-0.1, -0.05) is 41.4 Å². The minimum atomic E-state index is -0.367. The van der Waals surface area contributed by atoms with Gasteiger partial charge in [-0.15, -0.1) is 0 Å². The monoisotopic (exact) mass is 396 g/mol. The zero-order chi connectivity index (χ0) is 18.7. The summed E-state index contributed by atoms with van der Waals surface area (Å²) in [7, 11) is 0. The zero-order valence-electron chi connectivity index (χ0n) is 14.4. The molecule has 1 aliphatic rings. The Hall–Kier alpha value is -2.56. The fourth-order valence-corrected chi connectivity index (χ4v) is 4.26. The van der Waals surface area contributed by atoms with E-state index in [9.17, 15) is 4.79 Å². The van der Waals surface area contributed by atoms with Gasteiger partial charge >= 0.3 is 5.97 Å². The highest BCUT2D eigenvalue weighted by molar-refractivity contribution is 6.33. The number of benzene rings is 2. The maximum atomic E-state index is 12.1. The first kappa shape index (κ1) is 16.6. The maximum absolute atomic E-state index is 12.1. The van der Waals surface area contributed by atoms with Crippen LogP contribution in [0.2, 0.25) is 10.0 Å². The summed E-state index contributed by atoms with van der Waals surface area (Å²) in [6.45, 7) is 2.43. The van der Waals surface area contributed by atoms with Crippen molar-refractivity contribution in [2.45, 2.75) is 19.6 Å². The van der Waals surface area contributed by atoms with Crippen molar-refractivity contribution in [2.24, 2.45) is 0 Å². The lowest BCUT2D eigenvalue weighted by atomic mass is 10.0. The Morgan fingerprint density at radius 3 is 2.81 bits per heavy atom. The van der Waals surface area contributed by atoms with E-state index in [0.29, 0.717) is 22.3 Å². The molecule has 5 rings (SSSR count). The van der Waals surface area contributed by atoms with Gasteiger partial charge in [-0.3, -0.25) is 0 Å². The molecule has 3 heterocycles. The number of ether oxygens (including phenoxy) is 1. The van der Waals surface area contributed by atoms with Crippen LogP contribution >= 0.6 is 23.2 Å². The average Bonchev–Trinajstić information content (AvgIpc) is 3.13. The molecule has 1 atom stereocenters. The summed E-state index contributed by atoms with van der Waals surface area (Å²) in [4.78, 5) is 16.5. The van der Waals surface area contributed by atoms with Crippen LogP contribution in [0.15, 0.2) is 48.7 Å². The number of halogens is 2.